The molecule has 4 heterocycles. The molecular formula is C19H11FN6S2. The molecule has 4 aromatic heterocycles. The molecule has 0 aliphatic carbocycles. The Morgan fingerprint density at radius 3 is 2.71 bits per heavy atom. The highest BCUT2D eigenvalue weighted by Crippen LogP contribution is 2.33. The van der Waals surface area contributed by atoms with E-state index in [0.717, 1.165) is 26.1 Å². The summed E-state index contributed by atoms with van der Waals surface area (Å²) >= 11 is 2.71. The molecule has 1 N–H and O–H groups in total. The summed E-state index contributed by atoms with van der Waals surface area (Å²) in [7, 11) is 0. The van der Waals surface area contributed by atoms with Crippen LogP contribution in [-0.2, 0) is 0 Å². The number of pyridine rings is 2. The first-order valence-electron chi connectivity index (χ1n) is 8.28. The van der Waals surface area contributed by atoms with Gasteiger partial charge in [0.2, 0.25) is 0 Å². The van der Waals surface area contributed by atoms with Gasteiger partial charge in [-0.05, 0) is 42.5 Å². The van der Waals surface area contributed by atoms with Crippen molar-refractivity contribution in [3.63, 3.8) is 0 Å². The molecule has 0 bridgehead atoms. The molecule has 1 aromatic carbocycles. The molecule has 0 saturated carbocycles. The van der Waals surface area contributed by atoms with E-state index in [2.05, 4.69) is 30.2 Å². The van der Waals surface area contributed by atoms with Gasteiger partial charge < -0.3 is 5.32 Å². The Labute approximate surface area is 166 Å². The number of benzene rings is 1. The van der Waals surface area contributed by atoms with Crippen LogP contribution in [0.1, 0.15) is 0 Å². The first-order chi connectivity index (χ1) is 13.8. The third-order valence-corrected chi connectivity index (χ3v) is 5.82. The third kappa shape index (κ3) is 3.25. The first kappa shape index (κ1) is 17.0. The Morgan fingerprint density at radius 2 is 1.82 bits per heavy atom. The lowest BCUT2D eigenvalue weighted by Crippen LogP contribution is -1.95. The quantitative estimate of drug-likeness (QED) is 0.447. The predicted octanol–water partition coefficient (Wildman–Crippen LogP) is 5.06. The van der Waals surface area contributed by atoms with E-state index in [-0.39, 0.29) is 5.82 Å². The number of anilines is 2. The Kier molecular flexibility index (Phi) is 4.30. The number of aromatic nitrogens is 5. The molecule has 9 heteroatoms. The second-order valence-corrected chi connectivity index (χ2v) is 7.81. The second kappa shape index (κ2) is 7.10. The van der Waals surface area contributed by atoms with Crippen LogP contribution in [0.4, 0.5) is 15.3 Å². The van der Waals surface area contributed by atoms with Crippen molar-refractivity contribution in [1.82, 2.24) is 24.9 Å². The van der Waals surface area contributed by atoms with Gasteiger partial charge >= 0.3 is 0 Å². The summed E-state index contributed by atoms with van der Waals surface area (Å²) in [6.07, 6.45) is 4.82. The maximum absolute atomic E-state index is 13.9. The average Bonchev–Trinajstić information content (AvgIpc) is 3.12. The zero-order chi connectivity index (χ0) is 18.9. The van der Waals surface area contributed by atoms with Crippen molar-refractivity contribution >= 4 is 55.3 Å². The highest BCUT2D eigenvalue weighted by Gasteiger charge is 2.11. The summed E-state index contributed by atoms with van der Waals surface area (Å²) in [5, 5.41) is 5.09. The standard InChI is InChI=1S/C19H11FN6S2/c20-13-3-1-7-21-17(13)27-11-5-6-14-12(9-11)16(24-10-23-14)26-19-25-15-4-2-8-22-18(15)28-19/h1-10H,(H,23,24,25,26). The van der Waals surface area contributed by atoms with Crippen molar-refractivity contribution in [2.45, 2.75) is 9.92 Å². The van der Waals surface area contributed by atoms with Crippen LogP contribution in [0, 0.1) is 5.82 Å². The fraction of sp³-hybridized carbons (Fsp3) is 0. The normalized spacial score (nSPS) is 11.2. The van der Waals surface area contributed by atoms with E-state index in [1.807, 2.05) is 30.3 Å². The minimum absolute atomic E-state index is 0.324. The van der Waals surface area contributed by atoms with Gasteiger partial charge in [-0.2, -0.15) is 0 Å². The molecule has 5 aromatic rings. The number of rotatable bonds is 4. The minimum Gasteiger partial charge on any atom is -0.316 e. The maximum atomic E-state index is 13.9. The predicted molar refractivity (Wildman–Crippen MR) is 109 cm³/mol. The van der Waals surface area contributed by atoms with Crippen LogP contribution in [-0.4, -0.2) is 24.9 Å². The lowest BCUT2D eigenvalue weighted by molar-refractivity contribution is 0.588. The smallest absolute Gasteiger partial charge is 0.190 e. The summed E-state index contributed by atoms with van der Waals surface area (Å²) < 4.78 is 13.9. The Hall–Kier alpha value is -3.17. The van der Waals surface area contributed by atoms with Gasteiger partial charge in [-0.3, -0.25) is 0 Å². The largest absolute Gasteiger partial charge is 0.316 e. The molecule has 0 atom stereocenters. The van der Waals surface area contributed by atoms with Crippen LogP contribution < -0.4 is 5.32 Å². The number of fused-ring (bicyclic) bond motifs is 2. The minimum atomic E-state index is -0.350. The summed E-state index contributed by atoms with van der Waals surface area (Å²) in [5.41, 5.74) is 1.61. The highest BCUT2D eigenvalue weighted by atomic mass is 32.2. The fourth-order valence-corrected chi connectivity index (χ4v) is 4.30. The summed E-state index contributed by atoms with van der Waals surface area (Å²) in [5.74, 6) is 0.283. The van der Waals surface area contributed by atoms with Crippen molar-refractivity contribution in [3.05, 3.63) is 67.0 Å². The van der Waals surface area contributed by atoms with Crippen LogP contribution in [0.25, 0.3) is 21.3 Å². The third-order valence-electron chi connectivity index (χ3n) is 3.94. The van der Waals surface area contributed by atoms with Crippen molar-refractivity contribution in [3.8, 4) is 0 Å². The van der Waals surface area contributed by atoms with Crippen molar-refractivity contribution in [2.75, 3.05) is 5.32 Å². The Balaban J connectivity index is 1.52. The molecule has 28 heavy (non-hydrogen) atoms. The van der Waals surface area contributed by atoms with Gasteiger partial charge in [-0.25, -0.2) is 29.3 Å². The molecule has 5 rings (SSSR count). The van der Waals surface area contributed by atoms with Crippen LogP contribution in [0.2, 0.25) is 0 Å². The van der Waals surface area contributed by atoms with Gasteiger partial charge in [-0.1, -0.05) is 23.1 Å². The molecule has 0 radical (unpaired) electrons. The Morgan fingerprint density at radius 1 is 0.929 bits per heavy atom. The van der Waals surface area contributed by atoms with E-state index in [1.165, 1.54) is 35.5 Å². The van der Waals surface area contributed by atoms with Crippen LogP contribution >= 0.6 is 23.1 Å². The summed E-state index contributed by atoms with van der Waals surface area (Å²) in [4.78, 5) is 23.3. The summed E-state index contributed by atoms with van der Waals surface area (Å²) in [6, 6.07) is 12.4. The number of nitrogens with zero attached hydrogens (tertiary/aromatic N) is 5. The van der Waals surface area contributed by atoms with Gasteiger partial charge in [0.15, 0.2) is 10.9 Å². The van der Waals surface area contributed by atoms with Crippen LogP contribution in [0.5, 0.6) is 0 Å². The second-order valence-electron chi connectivity index (χ2n) is 5.77. The highest BCUT2D eigenvalue weighted by molar-refractivity contribution is 7.99. The molecule has 0 fully saturated rings. The van der Waals surface area contributed by atoms with Gasteiger partial charge in [0.05, 0.1) is 5.52 Å². The maximum Gasteiger partial charge on any atom is 0.190 e. The molecule has 0 unspecified atom stereocenters. The molecule has 0 amide bonds. The molecule has 0 spiro atoms. The first-order valence-corrected chi connectivity index (χ1v) is 9.91. The van der Waals surface area contributed by atoms with Gasteiger partial charge in [0.1, 0.15) is 27.5 Å². The number of nitrogens with one attached hydrogen (secondary N) is 1. The van der Waals surface area contributed by atoms with Crippen molar-refractivity contribution in [2.24, 2.45) is 0 Å². The van der Waals surface area contributed by atoms with Crippen molar-refractivity contribution in [1.29, 1.82) is 0 Å². The number of thiazole rings is 1. The van der Waals surface area contributed by atoms with E-state index in [1.54, 1.807) is 18.5 Å². The van der Waals surface area contributed by atoms with E-state index < -0.39 is 0 Å². The van der Waals surface area contributed by atoms with Crippen molar-refractivity contribution < 1.29 is 4.39 Å². The van der Waals surface area contributed by atoms with Crippen LogP contribution in [0.15, 0.2) is 71.1 Å². The molecular weight excluding hydrogens is 395 g/mol. The molecule has 0 saturated heterocycles. The SMILES string of the molecule is Fc1cccnc1Sc1ccc2ncnc(Nc3nc4cccnc4s3)c2c1. The van der Waals surface area contributed by atoms with Crippen LogP contribution in [0.3, 0.4) is 0 Å². The lowest BCUT2D eigenvalue weighted by atomic mass is 10.2. The van der Waals surface area contributed by atoms with E-state index in [4.69, 9.17) is 0 Å². The lowest BCUT2D eigenvalue weighted by Gasteiger charge is -2.07. The Bertz CT molecular complexity index is 1270. The van der Waals surface area contributed by atoms with Gasteiger partial charge in [-0.15, -0.1) is 0 Å². The molecule has 6 nitrogen and oxygen atoms in total. The van der Waals surface area contributed by atoms with E-state index in [0.29, 0.717) is 16.0 Å². The molecule has 136 valence electrons. The topological polar surface area (TPSA) is 76.5 Å². The number of halogens is 1. The fourth-order valence-electron chi connectivity index (χ4n) is 2.68. The number of hydrogen-bond acceptors (Lipinski definition) is 8. The summed E-state index contributed by atoms with van der Waals surface area (Å²) in [6.45, 7) is 0. The zero-order valence-electron chi connectivity index (χ0n) is 14.2. The monoisotopic (exact) mass is 406 g/mol. The van der Waals surface area contributed by atoms with E-state index >= 15 is 0 Å². The van der Waals surface area contributed by atoms with Gasteiger partial charge in [0, 0.05) is 22.7 Å². The number of hydrogen-bond donors (Lipinski definition) is 1. The molecule has 0 aliphatic rings. The van der Waals surface area contributed by atoms with E-state index in [9.17, 15) is 4.39 Å². The van der Waals surface area contributed by atoms with Gasteiger partial charge in [0.25, 0.3) is 0 Å². The zero-order valence-corrected chi connectivity index (χ0v) is 15.8. The average molecular weight is 406 g/mol. The molecule has 0 aliphatic heterocycles.